The number of hydrogen-bond acceptors (Lipinski definition) is 3. The van der Waals surface area contributed by atoms with Crippen LogP contribution in [0.2, 0.25) is 0 Å². The molecule has 0 heterocycles. The summed E-state index contributed by atoms with van der Waals surface area (Å²) in [5.41, 5.74) is 0.566. The van der Waals surface area contributed by atoms with Crippen molar-refractivity contribution in [1.29, 1.82) is 5.26 Å². The van der Waals surface area contributed by atoms with Gasteiger partial charge in [0.1, 0.15) is 5.75 Å². The average molecular weight is 163 g/mol. The fraction of sp³-hybridized carbons (Fsp3) is 0.222. The summed E-state index contributed by atoms with van der Waals surface area (Å²) in [7, 11) is 0. The number of phenolic OH excluding ortho intramolecular Hbond substituents is 1. The molecule has 2 N–H and O–H groups in total. The maximum atomic E-state index is 9.31. The van der Waals surface area contributed by atoms with Crippen molar-refractivity contribution >= 4 is 0 Å². The minimum absolute atomic E-state index is 0.0451. The van der Waals surface area contributed by atoms with Gasteiger partial charge in [-0.2, -0.15) is 5.26 Å². The van der Waals surface area contributed by atoms with Crippen molar-refractivity contribution in [1.82, 2.24) is 0 Å². The lowest BCUT2D eigenvalue weighted by atomic mass is 10.1. The molecule has 0 radical (unpaired) electrons. The smallest absolute Gasteiger partial charge is 0.115 e. The van der Waals surface area contributed by atoms with E-state index in [-0.39, 0.29) is 12.2 Å². The molecule has 0 fully saturated rings. The Hall–Kier alpha value is -1.53. The molecule has 0 aromatic heterocycles. The topological polar surface area (TPSA) is 64.2 Å². The van der Waals surface area contributed by atoms with Crippen LogP contribution < -0.4 is 0 Å². The molecule has 0 amide bonds. The second-order valence-electron chi connectivity index (χ2n) is 2.47. The lowest BCUT2D eigenvalue weighted by Gasteiger charge is -2.05. The van der Waals surface area contributed by atoms with Crippen molar-refractivity contribution in [3.63, 3.8) is 0 Å². The second kappa shape index (κ2) is 3.74. The number of nitriles is 1. The van der Waals surface area contributed by atoms with Crippen LogP contribution in [-0.4, -0.2) is 10.2 Å². The minimum Gasteiger partial charge on any atom is -0.508 e. The molecule has 0 aliphatic rings. The van der Waals surface area contributed by atoms with Gasteiger partial charge in [-0.1, -0.05) is 12.1 Å². The third-order valence-electron chi connectivity index (χ3n) is 1.54. The molecule has 62 valence electrons. The standard InChI is InChI=1S/C9H9NO2/c10-5-4-9(12)7-2-1-3-8(11)6-7/h1-3,6,9,11-12H,4H2/t9-/m0/s1. The summed E-state index contributed by atoms with van der Waals surface area (Å²) in [5.74, 6) is 0.101. The predicted molar refractivity (Wildman–Crippen MR) is 43.3 cm³/mol. The highest BCUT2D eigenvalue weighted by atomic mass is 16.3. The lowest BCUT2D eigenvalue weighted by Crippen LogP contribution is -1.94. The Morgan fingerprint density at radius 3 is 2.83 bits per heavy atom. The molecule has 0 aliphatic carbocycles. The summed E-state index contributed by atoms with van der Waals surface area (Å²) in [6.07, 6.45) is -0.759. The summed E-state index contributed by atoms with van der Waals surface area (Å²) in [6.45, 7) is 0. The Bertz CT molecular complexity index is 304. The van der Waals surface area contributed by atoms with Crippen LogP contribution in [-0.2, 0) is 0 Å². The van der Waals surface area contributed by atoms with Crippen LogP contribution in [0.25, 0.3) is 0 Å². The molecule has 0 unspecified atom stereocenters. The molecular weight excluding hydrogens is 154 g/mol. The molecule has 3 heteroatoms. The molecule has 0 saturated heterocycles. The molecule has 0 bridgehead atoms. The van der Waals surface area contributed by atoms with Gasteiger partial charge in [-0.05, 0) is 17.7 Å². The summed E-state index contributed by atoms with van der Waals surface area (Å²) in [4.78, 5) is 0. The molecule has 1 rings (SSSR count). The number of aromatic hydroxyl groups is 1. The van der Waals surface area contributed by atoms with Gasteiger partial charge in [0, 0.05) is 0 Å². The summed E-state index contributed by atoms with van der Waals surface area (Å²) in [5, 5.41) is 26.6. The monoisotopic (exact) mass is 163 g/mol. The molecule has 1 aromatic rings. The van der Waals surface area contributed by atoms with Crippen LogP contribution in [0.1, 0.15) is 18.1 Å². The first-order valence-electron chi connectivity index (χ1n) is 3.58. The van der Waals surface area contributed by atoms with E-state index < -0.39 is 6.10 Å². The van der Waals surface area contributed by atoms with Gasteiger partial charge < -0.3 is 10.2 Å². The Kier molecular flexibility index (Phi) is 2.67. The fourth-order valence-electron chi connectivity index (χ4n) is 0.936. The van der Waals surface area contributed by atoms with Gasteiger partial charge >= 0.3 is 0 Å². The normalized spacial score (nSPS) is 12.0. The largest absolute Gasteiger partial charge is 0.508 e. The molecule has 0 saturated carbocycles. The third-order valence-corrected chi connectivity index (χ3v) is 1.54. The van der Waals surface area contributed by atoms with E-state index in [1.807, 2.05) is 6.07 Å². The minimum atomic E-state index is -0.804. The molecular formula is C9H9NO2. The highest BCUT2D eigenvalue weighted by Gasteiger charge is 2.06. The zero-order valence-corrected chi connectivity index (χ0v) is 6.44. The maximum Gasteiger partial charge on any atom is 0.115 e. The SMILES string of the molecule is N#CC[C@H](O)c1cccc(O)c1. The van der Waals surface area contributed by atoms with E-state index >= 15 is 0 Å². The number of nitrogens with zero attached hydrogens (tertiary/aromatic N) is 1. The van der Waals surface area contributed by atoms with Crippen LogP contribution in [0.3, 0.4) is 0 Å². The summed E-state index contributed by atoms with van der Waals surface area (Å²) < 4.78 is 0. The van der Waals surface area contributed by atoms with E-state index in [0.717, 1.165) is 0 Å². The van der Waals surface area contributed by atoms with Crippen molar-refractivity contribution < 1.29 is 10.2 Å². The van der Waals surface area contributed by atoms with Gasteiger partial charge in [-0.25, -0.2) is 0 Å². The van der Waals surface area contributed by atoms with Crippen molar-refractivity contribution in [2.75, 3.05) is 0 Å². The zero-order valence-electron chi connectivity index (χ0n) is 6.44. The molecule has 1 atom stereocenters. The van der Waals surface area contributed by atoms with E-state index in [1.165, 1.54) is 12.1 Å². The maximum absolute atomic E-state index is 9.31. The quantitative estimate of drug-likeness (QED) is 0.691. The Morgan fingerprint density at radius 1 is 1.50 bits per heavy atom. The summed E-state index contributed by atoms with van der Waals surface area (Å²) >= 11 is 0. The van der Waals surface area contributed by atoms with Crippen LogP contribution >= 0.6 is 0 Å². The average Bonchev–Trinajstić information content (AvgIpc) is 2.05. The predicted octanol–water partition coefficient (Wildman–Crippen LogP) is 1.34. The van der Waals surface area contributed by atoms with Gasteiger partial charge in [-0.3, -0.25) is 0 Å². The number of aliphatic hydroxyl groups excluding tert-OH is 1. The number of aliphatic hydroxyl groups is 1. The number of hydrogen-bond donors (Lipinski definition) is 2. The number of benzene rings is 1. The molecule has 1 aromatic carbocycles. The first kappa shape index (κ1) is 8.57. The number of phenols is 1. The summed E-state index contributed by atoms with van der Waals surface area (Å²) in [6, 6.07) is 8.12. The zero-order chi connectivity index (χ0) is 8.97. The second-order valence-corrected chi connectivity index (χ2v) is 2.47. The van der Waals surface area contributed by atoms with Crippen molar-refractivity contribution in [3.05, 3.63) is 29.8 Å². The van der Waals surface area contributed by atoms with Crippen molar-refractivity contribution in [2.24, 2.45) is 0 Å². The highest BCUT2D eigenvalue weighted by molar-refractivity contribution is 5.28. The van der Waals surface area contributed by atoms with E-state index in [9.17, 15) is 5.11 Å². The van der Waals surface area contributed by atoms with E-state index in [0.29, 0.717) is 5.56 Å². The van der Waals surface area contributed by atoms with Crippen LogP contribution in [0.5, 0.6) is 5.75 Å². The lowest BCUT2D eigenvalue weighted by molar-refractivity contribution is 0.183. The van der Waals surface area contributed by atoms with Gasteiger partial charge in [0.25, 0.3) is 0 Å². The van der Waals surface area contributed by atoms with Gasteiger partial charge in [0.15, 0.2) is 0 Å². The van der Waals surface area contributed by atoms with E-state index in [4.69, 9.17) is 10.4 Å². The molecule has 3 nitrogen and oxygen atoms in total. The molecule has 0 spiro atoms. The third kappa shape index (κ3) is 1.97. The Morgan fingerprint density at radius 2 is 2.25 bits per heavy atom. The van der Waals surface area contributed by atoms with Crippen molar-refractivity contribution in [3.8, 4) is 11.8 Å². The van der Waals surface area contributed by atoms with Crippen molar-refractivity contribution in [2.45, 2.75) is 12.5 Å². The van der Waals surface area contributed by atoms with Gasteiger partial charge in [-0.15, -0.1) is 0 Å². The number of rotatable bonds is 2. The van der Waals surface area contributed by atoms with Gasteiger partial charge in [0.05, 0.1) is 18.6 Å². The van der Waals surface area contributed by atoms with Crippen LogP contribution in [0, 0.1) is 11.3 Å². The van der Waals surface area contributed by atoms with E-state index in [2.05, 4.69) is 0 Å². The van der Waals surface area contributed by atoms with E-state index in [1.54, 1.807) is 12.1 Å². The Labute approximate surface area is 70.5 Å². The van der Waals surface area contributed by atoms with Gasteiger partial charge in [0.2, 0.25) is 0 Å². The van der Waals surface area contributed by atoms with Crippen LogP contribution in [0.15, 0.2) is 24.3 Å². The Balaban J connectivity index is 2.82. The molecule has 12 heavy (non-hydrogen) atoms. The van der Waals surface area contributed by atoms with Crippen LogP contribution in [0.4, 0.5) is 0 Å². The molecule has 0 aliphatic heterocycles. The first-order chi connectivity index (χ1) is 5.74. The fourth-order valence-corrected chi connectivity index (χ4v) is 0.936. The first-order valence-corrected chi connectivity index (χ1v) is 3.58. The highest BCUT2D eigenvalue weighted by Crippen LogP contribution is 2.19.